The number of hydrogen-bond acceptors (Lipinski definition) is 5. The average molecular weight is 477 g/mol. The molecule has 0 bridgehead atoms. The van der Waals surface area contributed by atoms with Crippen molar-refractivity contribution in [3.63, 3.8) is 0 Å². The van der Waals surface area contributed by atoms with E-state index in [4.69, 9.17) is 0 Å². The Morgan fingerprint density at radius 1 is 1.06 bits per heavy atom. The molecule has 0 fully saturated rings. The normalized spacial score (nSPS) is 12.1. The number of carbonyl (C=O) groups is 2. The molecular weight excluding hydrogens is 448 g/mol. The minimum atomic E-state index is -0.548. The molecule has 2 N–H and O–H groups in total. The number of anilines is 1. The fourth-order valence-electron chi connectivity index (χ4n) is 3.89. The van der Waals surface area contributed by atoms with Crippen LogP contribution in [0.1, 0.15) is 32.3 Å². The van der Waals surface area contributed by atoms with Gasteiger partial charge in [-0.15, -0.1) is 5.10 Å². The molecule has 4 rings (SSSR count). The van der Waals surface area contributed by atoms with Crippen LogP contribution in [0.15, 0.2) is 58.1 Å². The standard InChI is InChI=1S/C25H28N6O4/c1-4-17(3)26-21(32)12-13-29-23(34)19-10-5-6-11-20(19)31-24(29)28-30(25(31)35)15-22(33)27-18-9-7-8-16(2)14-18/h5-11,14,17H,4,12-13,15H2,1-3H3,(H,26,32)(H,27,33)/t17-/m0/s1. The molecule has 2 amide bonds. The van der Waals surface area contributed by atoms with Gasteiger partial charge in [0.25, 0.3) is 5.56 Å². The first kappa shape index (κ1) is 23.9. The number of rotatable bonds is 8. The van der Waals surface area contributed by atoms with Crippen molar-refractivity contribution in [2.75, 3.05) is 5.32 Å². The van der Waals surface area contributed by atoms with Crippen LogP contribution in [-0.2, 0) is 22.7 Å². The summed E-state index contributed by atoms with van der Waals surface area (Å²) in [6.07, 6.45) is 0.837. The number of nitrogens with one attached hydrogen (secondary N) is 2. The van der Waals surface area contributed by atoms with E-state index in [0.29, 0.717) is 16.6 Å². The van der Waals surface area contributed by atoms with E-state index >= 15 is 0 Å². The summed E-state index contributed by atoms with van der Waals surface area (Å²) in [5.74, 6) is -0.539. The highest BCUT2D eigenvalue weighted by atomic mass is 16.2. The van der Waals surface area contributed by atoms with Gasteiger partial charge in [0.2, 0.25) is 17.6 Å². The molecule has 0 aliphatic carbocycles. The Morgan fingerprint density at radius 3 is 2.57 bits per heavy atom. The maximum atomic E-state index is 13.3. The van der Waals surface area contributed by atoms with E-state index in [1.54, 1.807) is 30.3 Å². The van der Waals surface area contributed by atoms with Crippen molar-refractivity contribution in [2.45, 2.75) is 52.7 Å². The number of aromatic nitrogens is 4. The highest BCUT2D eigenvalue weighted by molar-refractivity contribution is 5.90. The summed E-state index contributed by atoms with van der Waals surface area (Å²) < 4.78 is 3.65. The minimum Gasteiger partial charge on any atom is -0.354 e. The van der Waals surface area contributed by atoms with Crippen LogP contribution in [0.3, 0.4) is 0 Å². The highest BCUT2D eigenvalue weighted by Gasteiger charge is 2.19. The SMILES string of the molecule is CC[C@H](C)NC(=O)CCn1c(=O)c2ccccc2n2c(=O)n(CC(=O)Nc3cccc(C)c3)nc12. The predicted octanol–water partition coefficient (Wildman–Crippen LogP) is 2.06. The zero-order valence-corrected chi connectivity index (χ0v) is 19.9. The molecule has 0 saturated carbocycles. The number of amides is 2. The third-order valence-electron chi connectivity index (χ3n) is 5.86. The van der Waals surface area contributed by atoms with E-state index < -0.39 is 11.6 Å². The summed E-state index contributed by atoms with van der Waals surface area (Å²) in [4.78, 5) is 51.5. The first-order chi connectivity index (χ1) is 16.8. The van der Waals surface area contributed by atoms with Crippen LogP contribution in [-0.4, -0.2) is 36.6 Å². The van der Waals surface area contributed by atoms with Crippen molar-refractivity contribution in [3.8, 4) is 0 Å². The molecule has 4 aromatic rings. The van der Waals surface area contributed by atoms with Gasteiger partial charge in [-0.1, -0.05) is 31.2 Å². The van der Waals surface area contributed by atoms with Crippen LogP contribution in [0.25, 0.3) is 16.7 Å². The average Bonchev–Trinajstić information content (AvgIpc) is 3.14. The Kier molecular flexibility index (Phi) is 6.81. The van der Waals surface area contributed by atoms with Gasteiger partial charge < -0.3 is 10.6 Å². The van der Waals surface area contributed by atoms with Crippen LogP contribution in [0.4, 0.5) is 5.69 Å². The van der Waals surface area contributed by atoms with Gasteiger partial charge in [0.15, 0.2) is 0 Å². The van der Waals surface area contributed by atoms with Gasteiger partial charge in [0.05, 0.1) is 10.9 Å². The van der Waals surface area contributed by atoms with Crippen molar-refractivity contribution < 1.29 is 9.59 Å². The molecule has 10 nitrogen and oxygen atoms in total. The topological polar surface area (TPSA) is 120 Å². The molecule has 10 heteroatoms. The quantitative estimate of drug-likeness (QED) is 0.403. The molecule has 35 heavy (non-hydrogen) atoms. The smallest absolute Gasteiger partial charge is 0.352 e. The number of aryl methyl sites for hydroxylation is 2. The third-order valence-corrected chi connectivity index (χ3v) is 5.86. The molecule has 0 unspecified atom stereocenters. The number of nitrogens with zero attached hydrogens (tertiary/aromatic N) is 4. The third kappa shape index (κ3) is 5.01. The molecule has 182 valence electrons. The molecule has 2 aromatic carbocycles. The lowest BCUT2D eigenvalue weighted by atomic mass is 10.2. The van der Waals surface area contributed by atoms with Crippen LogP contribution in [0.5, 0.6) is 0 Å². The van der Waals surface area contributed by atoms with Gasteiger partial charge in [-0.2, -0.15) is 0 Å². The Morgan fingerprint density at radius 2 is 1.83 bits per heavy atom. The summed E-state index contributed by atoms with van der Waals surface area (Å²) in [5, 5.41) is 10.3. The van der Waals surface area contributed by atoms with Crippen LogP contribution in [0, 0.1) is 6.92 Å². The number of hydrogen-bond donors (Lipinski definition) is 2. The maximum absolute atomic E-state index is 13.3. The van der Waals surface area contributed by atoms with Crippen LogP contribution < -0.4 is 21.9 Å². The Bertz CT molecular complexity index is 1530. The second-order valence-electron chi connectivity index (χ2n) is 8.59. The van der Waals surface area contributed by atoms with E-state index in [9.17, 15) is 19.2 Å². The van der Waals surface area contributed by atoms with Crippen LogP contribution >= 0.6 is 0 Å². The molecule has 2 aromatic heterocycles. The summed E-state index contributed by atoms with van der Waals surface area (Å²) in [7, 11) is 0. The van der Waals surface area contributed by atoms with Gasteiger partial charge in [0, 0.05) is 24.7 Å². The minimum absolute atomic E-state index is 0.0181. The highest BCUT2D eigenvalue weighted by Crippen LogP contribution is 2.12. The molecule has 0 radical (unpaired) electrons. The largest absolute Gasteiger partial charge is 0.354 e. The number of benzene rings is 2. The van der Waals surface area contributed by atoms with Gasteiger partial charge >= 0.3 is 5.69 Å². The molecule has 0 aliphatic heterocycles. The van der Waals surface area contributed by atoms with Gasteiger partial charge in [-0.3, -0.25) is 19.0 Å². The molecular formula is C25H28N6O4. The summed E-state index contributed by atoms with van der Waals surface area (Å²) in [6, 6.07) is 14.0. The van der Waals surface area contributed by atoms with E-state index in [2.05, 4.69) is 15.7 Å². The fraction of sp³-hybridized carbons (Fsp3) is 0.320. The zero-order chi connectivity index (χ0) is 25.1. The van der Waals surface area contributed by atoms with E-state index in [1.807, 2.05) is 39.0 Å². The van der Waals surface area contributed by atoms with Crippen LogP contribution in [0.2, 0.25) is 0 Å². The fourth-order valence-corrected chi connectivity index (χ4v) is 3.89. The Hall–Kier alpha value is -4.21. The Balaban J connectivity index is 1.71. The van der Waals surface area contributed by atoms with Crippen molar-refractivity contribution in [1.29, 1.82) is 0 Å². The summed E-state index contributed by atoms with van der Waals surface area (Å²) in [5.41, 5.74) is 1.09. The van der Waals surface area contributed by atoms with Crippen molar-refractivity contribution in [1.82, 2.24) is 24.1 Å². The molecule has 0 saturated heterocycles. The second-order valence-corrected chi connectivity index (χ2v) is 8.59. The van der Waals surface area contributed by atoms with E-state index in [-0.39, 0.29) is 42.8 Å². The molecule has 0 aliphatic rings. The summed E-state index contributed by atoms with van der Waals surface area (Å²) >= 11 is 0. The molecule has 0 spiro atoms. The predicted molar refractivity (Wildman–Crippen MR) is 134 cm³/mol. The van der Waals surface area contributed by atoms with Gasteiger partial charge in [-0.25, -0.2) is 13.9 Å². The number of carbonyl (C=O) groups excluding carboxylic acids is 2. The lowest BCUT2D eigenvalue weighted by Crippen LogP contribution is -2.34. The Labute approximate surface area is 201 Å². The zero-order valence-electron chi connectivity index (χ0n) is 19.9. The first-order valence-corrected chi connectivity index (χ1v) is 11.6. The molecule has 2 heterocycles. The van der Waals surface area contributed by atoms with Crippen molar-refractivity contribution >= 4 is 34.2 Å². The summed E-state index contributed by atoms with van der Waals surface area (Å²) in [6.45, 7) is 5.50. The van der Waals surface area contributed by atoms with Crippen molar-refractivity contribution in [3.05, 3.63) is 74.9 Å². The number of para-hydroxylation sites is 1. The van der Waals surface area contributed by atoms with Crippen molar-refractivity contribution in [2.24, 2.45) is 0 Å². The lowest BCUT2D eigenvalue weighted by molar-refractivity contribution is -0.122. The monoisotopic (exact) mass is 476 g/mol. The molecule has 1 atom stereocenters. The first-order valence-electron chi connectivity index (χ1n) is 11.6. The van der Waals surface area contributed by atoms with E-state index in [0.717, 1.165) is 16.7 Å². The lowest BCUT2D eigenvalue weighted by Gasteiger charge is -2.12. The second kappa shape index (κ2) is 9.96. The van der Waals surface area contributed by atoms with E-state index in [1.165, 1.54) is 8.97 Å². The number of fused-ring (bicyclic) bond motifs is 3. The van der Waals surface area contributed by atoms with Gasteiger partial charge in [0.1, 0.15) is 6.54 Å². The maximum Gasteiger partial charge on any atom is 0.352 e. The van der Waals surface area contributed by atoms with Gasteiger partial charge in [-0.05, 0) is 50.1 Å².